The topological polar surface area (TPSA) is 98.7 Å². The lowest BCUT2D eigenvalue weighted by Crippen LogP contribution is -2.68. The number of anilines is 1. The second-order valence-corrected chi connectivity index (χ2v) is 11.3. The van der Waals surface area contributed by atoms with Gasteiger partial charge in [0.25, 0.3) is 0 Å². The fourth-order valence-electron chi connectivity index (χ4n) is 6.58. The predicted octanol–water partition coefficient (Wildman–Crippen LogP) is 3.34. The van der Waals surface area contributed by atoms with Crippen LogP contribution in [-0.2, 0) is 6.54 Å². The minimum absolute atomic E-state index is 0.470. The van der Waals surface area contributed by atoms with E-state index in [2.05, 4.69) is 56.2 Å². The van der Waals surface area contributed by atoms with Gasteiger partial charge in [0.1, 0.15) is 11.9 Å². The second-order valence-electron chi connectivity index (χ2n) is 11.3. The van der Waals surface area contributed by atoms with E-state index in [-0.39, 0.29) is 0 Å². The summed E-state index contributed by atoms with van der Waals surface area (Å²) in [6.07, 6.45) is 12.8. The maximum atomic E-state index is 9.76. The van der Waals surface area contributed by atoms with E-state index >= 15 is 0 Å². The third-order valence-corrected chi connectivity index (χ3v) is 8.90. The van der Waals surface area contributed by atoms with Gasteiger partial charge in [-0.3, -0.25) is 9.88 Å². The summed E-state index contributed by atoms with van der Waals surface area (Å²) in [6, 6.07) is 9.53. The molecule has 0 saturated carbocycles. The van der Waals surface area contributed by atoms with Crippen molar-refractivity contribution in [3.63, 3.8) is 0 Å². The molecule has 0 aromatic carbocycles. The first-order chi connectivity index (χ1) is 19.6. The van der Waals surface area contributed by atoms with Crippen molar-refractivity contribution >= 4 is 11.3 Å². The molecule has 8 heterocycles. The van der Waals surface area contributed by atoms with E-state index in [1.54, 1.807) is 13.3 Å². The highest BCUT2D eigenvalue weighted by Gasteiger charge is 2.44. The largest absolute Gasteiger partial charge is 0.481 e. The highest BCUT2D eigenvalue weighted by molar-refractivity contribution is 5.83. The number of pyridine rings is 2. The maximum Gasteiger partial charge on any atom is 0.212 e. The van der Waals surface area contributed by atoms with Gasteiger partial charge in [0, 0.05) is 55.7 Å². The van der Waals surface area contributed by atoms with Crippen molar-refractivity contribution in [2.45, 2.75) is 43.8 Å². The van der Waals surface area contributed by atoms with E-state index in [1.165, 1.54) is 17.5 Å². The Hall–Kier alpha value is -4.07. The Balaban J connectivity index is 1.10. The minimum Gasteiger partial charge on any atom is -0.481 e. The van der Waals surface area contributed by atoms with Crippen LogP contribution in [0.5, 0.6) is 5.88 Å². The Bertz CT molecular complexity index is 1540. The van der Waals surface area contributed by atoms with Crippen LogP contribution in [0, 0.1) is 11.3 Å². The van der Waals surface area contributed by atoms with Gasteiger partial charge in [0.05, 0.1) is 42.5 Å². The van der Waals surface area contributed by atoms with Gasteiger partial charge >= 0.3 is 0 Å². The number of piperazine rings is 1. The van der Waals surface area contributed by atoms with Crippen molar-refractivity contribution in [2.24, 2.45) is 0 Å². The molecular formula is C30H33N9O. The van der Waals surface area contributed by atoms with Crippen molar-refractivity contribution in [1.29, 1.82) is 5.26 Å². The molecular weight excluding hydrogens is 502 g/mol. The van der Waals surface area contributed by atoms with E-state index in [9.17, 15) is 5.26 Å². The third-order valence-electron chi connectivity index (χ3n) is 8.90. The highest BCUT2D eigenvalue weighted by atomic mass is 16.5. The number of aromatic nitrogens is 5. The lowest BCUT2D eigenvalue weighted by Gasteiger charge is -2.56. The molecule has 4 fully saturated rings. The van der Waals surface area contributed by atoms with Crippen LogP contribution in [0.3, 0.4) is 0 Å². The number of hydrogen-bond donors (Lipinski definition) is 0. The third kappa shape index (κ3) is 4.45. The average Bonchev–Trinajstić information content (AvgIpc) is 3.43. The predicted molar refractivity (Wildman–Crippen MR) is 151 cm³/mol. The van der Waals surface area contributed by atoms with Gasteiger partial charge in [-0.1, -0.05) is 6.07 Å². The number of piperidine rings is 2. The second kappa shape index (κ2) is 10.2. The molecule has 0 radical (unpaired) electrons. The van der Waals surface area contributed by atoms with Crippen molar-refractivity contribution in [3.8, 4) is 23.2 Å². The van der Waals surface area contributed by atoms with Gasteiger partial charge in [-0.15, -0.1) is 0 Å². The van der Waals surface area contributed by atoms with E-state index in [4.69, 9.17) is 14.7 Å². The summed E-state index contributed by atoms with van der Waals surface area (Å²) >= 11 is 0. The lowest BCUT2D eigenvalue weighted by atomic mass is 9.87. The number of nitrogens with zero attached hydrogens (tertiary/aromatic N) is 9. The zero-order valence-corrected chi connectivity index (χ0v) is 22.9. The van der Waals surface area contributed by atoms with Crippen LogP contribution in [0.2, 0.25) is 0 Å². The molecule has 4 aromatic heterocycles. The van der Waals surface area contributed by atoms with Gasteiger partial charge in [-0.2, -0.15) is 10.4 Å². The van der Waals surface area contributed by atoms with Crippen LogP contribution in [0.15, 0.2) is 49.2 Å². The van der Waals surface area contributed by atoms with E-state index in [1.807, 2.05) is 29.2 Å². The standard InChI is InChI=1S/C30H33N9O/c1-36-7-5-21(6-8-36)22-9-26(30-23(11-31)13-35-39(30)17-22)27-14-33-28(15-32-27)37-18-24-10-25(19-37)38(24)16-20-3-4-29(40-2)34-12-20/h3-4,9,12-15,17,21,24-25H,5-8,10,16,18-19H2,1-2H3. The molecule has 2 atom stereocenters. The molecule has 40 heavy (non-hydrogen) atoms. The van der Waals surface area contributed by atoms with Gasteiger partial charge in [-0.25, -0.2) is 14.5 Å². The summed E-state index contributed by atoms with van der Waals surface area (Å²) in [7, 11) is 3.82. The monoisotopic (exact) mass is 535 g/mol. The van der Waals surface area contributed by atoms with Gasteiger partial charge in [0.15, 0.2) is 0 Å². The van der Waals surface area contributed by atoms with E-state index in [0.717, 1.165) is 68.2 Å². The molecule has 10 nitrogen and oxygen atoms in total. The maximum absolute atomic E-state index is 9.76. The first kappa shape index (κ1) is 24.9. The normalized spacial score (nSPS) is 21.8. The number of hydrogen-bond acceptors (Lipinski definition) is 9. The molecule has 0 aliphatic carbocycles. The number of likely N-dealkylation sites (tertiary alicyclic amines) is 1. The molecule has 4 aromatic rings. The van der Waals surface area contributed by atoms with Crippen LogP contribution in [0.4, 0.5) is 5.82 Å². The van der Waals surface area contributed by atoms with Crippen LogP contribution in [0.1, 0.15) is 41.9 Å². The summed E-state index contributed by atoms with van der Waals surface area (Å²) < 4.78 is 7.04. The van der Waals surface area contributed by atoms with Crippen molar-refractivity contribution < 1.29 is 4.74 Å². The summed E-state index contributed by atoms with van der Waals surface area (Å²) in [4.78, 5) is 21.4. The fourth-order valence-corrected chi connectivity index (χ4v) is 6.58. The Morgan fingerprint density at radius 3 is 2.52 bits per heavy atom. The molecule has 2 bridgehead atoms. The van der Waals surface area contributed by atoms with Crippen molar-refractivity contribution in [2.75, 3.05) is 45.2 Å². The molecule has 10 heteroatoms. The zero-order chi connectivity index (χ0) is 27.2. The molecule has 204 valence electrons. The summed E-state index contributed by atoms with van der Waals surface area (Å²) in [6.45, 7) is 4.94. The molecule has 0 spiro atoms. The quantitative estimate of drug-likeness (QED) is 0.368. The molecule has 2 unspecified atom stereocenters. The van der Waals surface area contributed by atoms with Gasteiger partial charge in [-0.05, 0) is 62.5 Å². The SMILES string of the molecule is COc1ccc(CN2C3CC2CN(c2cnc(-c4cc(C5CCN(C)CC5)cn5ncc(C#N)c45)cn2)C3)cn1. The number of methoxy groups -OCH3 is 1. The Morgan fingerprint density at radius 1 is 1.02 bits per heavy atom. The molecule has 4 aliphatic heterocycles. The summed E-state index contributed by atoms with van der Waals surface area (Å²) in [5.74, 6) is 2.02. The zero-order valence-electron chi connectivity index (χ0n) is 22.9. The van der Waals surface area contributed by atoms with Crippen molar-refractivity contribution in [3.05, 3.63) is 65.9 Å². The Kier molecular flexibility index (Phi) is 6.33. The van der Waals surface area contributed by atoms with Crippen LogP contribution >= 0.6 is 0 Å². The molecule has 4 aliphatic rings. The lowest BCUT2D eigenvalue weighted by molar-refractivity contribution is -0.00879. The van der Waals surface area contributed by atoms with Gasteiger partial charge in [0.2, 0.25) is 5.88 Å². The van der Waals surface area contributed by atoms with Gasteiger partial charge < -0.3 is 14.5 Å². The number of rotatable bonds is 6. The number of nitriles is 1. The van der Waals surface area contributed by atoms with Crippen LogP contribution in [-0.4, -0.2) is 86.8 Å². The van der Waals surface area contributed by atoms with Crippen molar-refractivity contribution in [1.82, 2.24) is 34.4 Å². The van der Waals surface area contributed by atoms with Crippen LogP contribution in [0.25, 0.3) is 16.8 Å². The average molecular weight is 536 g/mol. The summed E-state index contributed by atoms with van der Waals surface area (Å²) in [5, 5.41) is 14.3. The van der Waals surface area contributed by atoms with Crippen LogP contribution < -0.4 is 9.64 Å². The molecule has 4 saturated heterocycles. The fraction of sp³-hybridized carbons (Fsp3) is 0.433. The first-order valence-corrected chi connectivity index (χ1v) is 14.0. The number of fused-ring (bicyclic) bond motifs is 3. The molecule has 0 amide bonds. The highest BCUT2D eigenvalue weighted by Crippen LogP contribution is 2.37. The Morgan fingerprint density at radius 2 is 1.85 bits per heavy atom. The van der Waals surface area contributed by atoms with E-state index < -0.39 is 0 Å². The number of ether oxygens (including phenoxy) is 1. The first-order valence-electron chi connectivity index (χ1n) is 14.0. The molecule has 0 N–H and O–H groups in total. The van der Waals surface area contributed by atoms with E-state index in [0.29, 0.717) is 29.4 Å². The Labute approximate surface area is 233 Å². The molecule has 8 rings (SSSR count). The summed E-state index contributed by atoms with van der Waals surface area (Å²) in [5.41, 5.74) is 5.50. The smallest absolute Gasteiger partial charge is 0.212 e. The minimum atomic E-state index is 0.470.